The number of halogens is 5. The minimum atomic E-state index is -2.14. The van der Waals surface area contributed by atoms with Crippen LogP contribution in [0.25, 0.3) is 0 Å². The van der Waals surface area contributed by atoms with Crippen LogP contribution in [0.4, 0.5) is 22.0 Å². The van der Waals surface area contributed by atoms with Gasteiger partial charge in [-0.05, 0) is 5.56 Å². The lowest BCUT2D eigenvalue weighted by molar-refractivity contribution is 0.368. The van der Waals surface area contributed by atoms with Gasteiger partial charge in [0.25, 0.3) is 0 Å². The first-order chi connectivity index (χ1) is 8.95. The Morgan fingerprint density at radius 3 is 1.58 bits per heavy atom. The molecule has 0 nitrogen and oxygen atoms in total. The van der Waals surface area contributed by atoms with Gasteiger partial charge in [-0.3, -0.25) is 0 Å². The zero-order chi connectivity index (χ0) is 14.2. The minimum Gasteiger partial charge on any atom is -0.203 e. The fourth-order valence-corrected chi connectivity index (χ4v) is 1.91. The van der Waals surface area contributed by atoms with Crippen LogP contribution in [0.15, 0.2) is 30.3 Å². The van der Waals surface area contributed by atoms with E-state index >= 15 is 0 Å². The molecule has 0 bridgehead atoms. The zero-order valence-corrected chi connectivity index (χ0v) is 9.85. The molecule has 0 aliphatic rings. The van der Waals surface area contributed by atoms with Crippen molar-refractivity contribution in [2.45, 2.75) is 12.8 Å². The maximum Gasteiger partial charge on any atom is 0.200 e. The standard InChI is InChI=1S/C14H9F5/c1-7(8-5-3-2-4-6-8)9-10(15)12(17)14(19)13(18)11(9)16/h2-7H,1H3/t7-/m0/s1. The highest BCUT2D eigenvalue weighted by Crippen LogP contribution is 2.32. The van der Waals surface area contributed by atoms with E-state index in [1.54, 1.807) is 30.3 Å². The van der Waals surface area contributed by atoms with Gasteiger partial charge in [-0.1, -0.05) is 37.3 Å². The van der Waals surface area contributed by atoms with E-state index < -0.39 is 40.6 Å². The lowest BCUT2D eigenvalue weighted by Gasteiger charge is -2.15. The molecule has 0 spiro atoms. The quantitative estimate of drug-likeness (QED) is 0.428. The first-order valence-corrected chi connectivity index (χ1v) is 5.51. The predicted octanol–water partition coefficient (Wildman–Crippen LogP) is 4.53. The number of hydrogen-bond donors (Lipinski definition) is 0. The monoisotopic (exact) mass is 272 g/mol. The average Bonchev–Trinajstić information content (AvgIpc) is 2.44. The maximum absolute atomic E-state index is 13.6. The van der Waals surface area contributed by atoms with Gasteiger partial charge in [-0.2, -0.15) is 0 Å². The molecule has 100 valence electrons. The molecule has 0 amide bonds. The Labute approximate surface area is 106 Å². The van der Waals surface area contributed by atoms with Crippen molar-refractivity contribution < 1.29 is 22.0 Å². The minimum absolute atomic E-state index is 0.464. The normalized spacial score (nSPS) is 12.5. The van der Waals surface area contributed by atoms with Crippen molar-refractivity contribution in [2.24, 2.45) is 0 Å². The first-order valence-electron chi connectivity index (χ1n) is 5.51. The van der Waals surface area contributed by atoms with Gasteiger partial charge >= 0.3 is 0 Å². The summed E-state index contributed by atoms with van der Waals surface area (Å²) in [7, 11) is 0. The largest absolute Gasteiger partial charge is 0.203 e. The molecule has 2 aromatic carbocycles. The third kappa shape index (κ3) is 2.20. The highest BCUT2D eigenvalue weighted by atomic mass is 19.2. The topological polar surface area (TPSA) is 0 Å². The van der Waals surface area contributed by atoms with Crippen molar-refractivity contribution >= 4 is 0 Å². The van der Waals surface area contributed by atoms with E-state index in [1.165, 1.54) is 6.92 Å². The Balaban J connectivity index is 2.64. The lowest BCUT2D eigenvalue weighted by Crippen LogP contribution is -2.10. The molecule has 0 N–H and O–H groups in total. The van der Waals surface area contributed by atoms with Crippen LogP contribution in [0.1, 0.15) is 24.0 Å². The van der Waals surface area contributed by atoms with Gasteiger partial charge in [-0.15, -0.1) is 0 Å². The molecule has 0 aliphatic carbocycles. The van der Waals surface area contributed by atoms with Gasteiger partial charge in [0.1, 0.15) is 0 Å². The van der Waals surface area contributed by atoms with E-state index in [0.29, 0.717) is 5.56 Å². The Morgan fingerprint density at radius 2 is 1.11 bits per heavy atom. The summed E-state index contributed by atoms with van der Waals surface area (Å²) in [6.07, 6.45) is 0. The van der Waals surface area contributed by atoms with Crippen LogP contribution in [0.2, 0.25) is 0 Å². The van der Waals surface area contributed by atoms with E-state index in [-0.39, 0.29) is 0 Å². The Hall–Kier alpha value is -1.91. The van der Waals surface area contributed by atoms with Crippen LogP contribution in [0.5, 0.6) is 0 Å². The summed E-state index contributed by atoms with van der Waals surface area (Å²) in [4.78, 5) is 0. The van der Waals surface area contributed by atoms with Gasteiger partial charge in [0, 0.05) is 11.5 Å². The molecule has 19 heavy (non-hydrogen) atoms. The molecular formula is C14H9F5. The molecule has 5 heteroatoms. The van der Waals surface area contributed by atoms with Crippen LogP contribution in [-0.4, -0.2) is 0 Å². The van der Waals surface area contributed by atoms with Gasteiger partial charge in [0.2, 0.25) is 5.82 Å². The Kier molecular flexibility index (Phi) is 3.55. The van der Waals surface area contributed by atoms with Gasteiger partial charge < -0.3 is 0 Å². The third-order valence-electron chi connectivity index (χ3n) is 2.98. The van der Waals surface area contributed by atoms with E-state index in [9.17, 15) is 22.0 Å². The summed E-state index contributed by atoms with van der Waals surface area (Å²) >= 11 is 0. The molecule has 0 aliphatic heterocycles. The van der Waals surface area contributed by atoms with Crippen molar-refractivity contribution in [3.63, 3.8) is 0 Å². The fraction of sp³-hybridized carbons (Fsp3) is 0.143. The van der Waals surface area contributed by atoms with Gasteiger partial charge in [0.05, 0.1) is 0 Å². The molecule has 1 atom stereocenters. The van der Waals surface area contributed by atoms with Crippen molar-refractivity contribution in [1.82, 2.24) is 0 Å². The molecular weight excluding hydrogens is 263 g/mol. The number of rotatable bonds is 2. The fourth-order valence-electron chi connectivity index (χ4n) is 1.91. The van der Waals surface area contributed by atoms with Crippen LogP contribution in [-0.2, 0) is 0 Å². The lowest BCUT2D eigenvalue weighted by atomic mass is 9.92. The zero-order valence-electron chi connectivity index (χ0n) is 9.85. The van der Waals surface area contributed by atoms with E-state index in [0.717, 1.165) is 0 Å². The smallest absolute Gasteiger partial charge is 0.200 e. The van der Waals surface area contributed by atoms with Crippen LogP contribution in [0.3, 0.4) is 0 Å². The molecule has 0 unspecified atom stereocenters. The molecule has 0 saturated carbocycles. The van der Waals surface area contributed by atoms with Gasteiger partial charge in [0.15, 0.2) is 23.3 Å². The Morgan fingerprint density at radius 1 is 0.684 bits per heavy atom. The average molecular weight is 272 g/mol. The van der Waals surface area contributed by atoms with Crippen LogP contribution in [0, 0.1) is 29.1 Å². The second kappa shape index (κ2) is 4.99. The second-order valence-corrected chi connectivity index (χ2v) is 4.12. The molecule has 0 fully saturated rings. The maximum atomic E-state index is 13.6. The first kappa shape index (κ1) is 13.5. The van der Waals surface area contributed by atoms with E-state index in [2.05, 4.69) is 0 Å². The third-order valence-corrected chi connectivity index (χ3v) is 2.98. The number of hydrogen-bond acceptors (Lipinski definition) is 0. The van der Waals surface area contributed by atoms with Crippen molar-refractivity contribution in [3.8, 4) is 0 Å². The van der Waals surface area contributed by atoms with E-state index in [1.807, 2.05) is 0 Å². The van der Waals surface area contributed by atoms with E-state index in [4.69, 9.17) is 0 Å². The summed E-state index contributed by atoms with van der Waals surface area (Å²) in [5.74, 6) is -10.5. The molecule has 0 saturated heterocycles. The van der Waals surface area contributed by atoms with Crippen molar-refractivity contribution in [2.75, 3.05) is 0 Å². The van der Waals surface area contributed by atoms with Crippen LogP contribution >= 0.6 is 0 Å². The predicted molar refractivity (Wildman–Crippen MR) is 60.2 cm³/mol. The molecule has 0 radical (unpaired) electrons. The molecule has 2 aromatic rings. The second-order valence-electron chi connectivity index (χ2n) is 4.12. The number of benzene rings is 2. The summed E-state index contributed by atoms with van der Waals surface area (Å²) in [6, 6.07) is 8.05. The summed E-state index contributed by atoms with van der Waals surface area (Å²) < 4.78 is 66.4. The molecule has 2 rings (SSSR count). The summed E-state index contributed by atoms with van der Waals surface area (Å²) in [5, 5.41) is 0. The highest BCUT2D eigenvalue weighted by Gasteiger charge is 2.28. The van der Waals surface area contributed by atoms with Crippen LogP contribution < -0.4 is 0 Å². The van der Waals surface area contributed by atoms with Crippen molar-refractivity contribution in [1.29, 1.82) is 0 Å². The SMILES string of the molecule is C[C@@H](c1ccccc1)c1c(F)c(F)c(F)c(F)c1F. The summed E-state index contributed by atoms with van der Waals surface area (Å²) in [6.45, 7) is 1.38. The van der Waals surface area contributed by atoms with Crippen molar-refractivity contribution in [3.05, 3.63) is 70.5 Å². The molecule has 0 heterocycles. The van der Waals surface area contributed by atoms with Gasteiger partial charge in [-0.25, -0.2) is 22.0 Å². The highest BCUT2D eigenvalue weighted by molar-refractivity contribution is 5.35. The molecule has 0 aromatic heterocycles. The Bertz CT molecular complexity index is 578. The summed E-state index contributed by atoms with van der Waals surface area (Å²) in [5.41, 5.74) is -0.353.